The van der Waals surface area contributed by atoms with Crippen LogP contribution in [0.1, 0.15) is 38.5 Å². The molecule has 2 aliphatic carbocycles. The molecule has 0 aromatic heterocycles. The van der Waals surface area contributed by atoms with Gasteiger partial charge in [0.1, 0.15) is 0 Å². The Labute approximate surface area is 136 Å². The van der Waals surface area contributed by atoms with Crippen molar-refractivity contribution in [2.75, 3.05) is 20.3 Å². The summed E-state index contributed by atoms with van der Waals surface area (Å²) >= 11 is 0. The summed E-state index contributed by atoms with van der Waals surface area (Å²) in [5.74, 6) is 0.0148. The lowest BCUT2D eigenvalue weighted by Crippen LogP contribution is -2.43. The van der Waals surface area contributed by atoms with Gasteiger partial charge < -0.3 is 19.3 Å². The molecule has 4 saturated heterocycles. The third-order valence-electron chi connectivity index (χ3n) is 5.80. The van der Waals surface area contributed by atoms with Crippen molar-refractivity contribution >= 4 is 11.9 Å². The van der Waals surface area contributed by atoms with Crippen LogP contribution in [0.4, 0.5) is 0 Å². The van der Waals surface area contributed by atoms with E-state index in [4.69, 9.17) is 19.3 Å². The molecule has 6 rings (SSSR count). The van der Waals surface area contributed by atoms with Crippen LogP contribution in [0.25, 0.3) is 0 Å². The molecule has 4 bridgehead atoms. The van der Waals surface area contributed by atoms with E-state index in [1.165, 1.54) is 7.11 Å². The van der Waals surface area contributed by atoms with E-state index in [1.807, 2.05) is 0 Å². The van der Waals surface area contributed by atoms with Gasteiger partial charge in [0.2, 0.25) is 0 Å². The number of carbonyl (C=O) groups is 2. The molecule has 6 atom stereocenters. The predicted molar refractivity (Wildman–Crippen MR) is 80.8 cm³/mol. The SMILES string of the molecule is COC(=O)C1CC2CCC1CO2.O=C(O)C1CC2CCC1CO2. The fourth-order valence-corrected chi connectivity index (χ4v) is 4.35. The highest BCUT2D eigenvalue weighted by Crippen LogP contribution is 2.38. The Hall–Kier alpha value is -1.14. The van der Waals surface area contributed by atoms with Crippen LogP contribution in [-0.2, 0) is 23.8 Å². The lowest BCUT2D eigenvalue weighted by atomic mass is 9.76. The first-order valence-corrected chi connectivity index (χ1v) is 8.62. The molecule has 4 aliphatic heterocycles. The molecule has 6 aliphatic rings. The summed E-state index contributed by atoms with van der Waals surface area (Å²) in [5, 5.41) is 8.80. The lowest BCUT2D eigenvalue weighted by molar-refractivity contribution is -0.162. The van der Waals surface area contributed by atoms with Crippen molar-refractivity contribution in [2.24, 2.45) is 23.7 Å². The maximum Gasteiger partial charge on any atom is 0.309 e. The van der Waals surface area contributed by atoms with Crippen LogP contribution in [-0.4, -0.2) is 49.6 Å². The van der Waals surface area contributed by atoms with E-state index in [0.29, 0.717) is 18.6 Å². The monoisotopic (exact) mass is 326 g/mol. The Bertz CT molecular complexity index is 434. The molecule has 1 N–H and O–H groups in total. The normalized spacial score (nSPS) is 40.9. The minimum Gasteiger partial charge on any atom is -0.481 e. The minimum atomic E-state index is -0.636. The summed E-state index contributed by atoms with van der Waals surface area (Å²) in [6.45, 7) is 1.42. The molecule has 4 heterocycles. The molecule has 6 fully saturated rings. The number of carboxylic acid groups (broad SMARTS) is 1. The Morgan fingerprint density at radius 2 is 1.43 bits per heavy atom. The van der Waals surface area contributed by atoms with Gasteiger partial charge in [0.05, 0.1) is 44.4 Å². The summed E-state index contributed by atoms with van der Waals surface area (Å²) in [4.78, 5) is 22.0. The summed E-state index contributed by atoms with van der Waals surface area (Å²) in [6.07, 6.45) is 6.52. The van der Waals surface area contributed by atoms with Crippen LogP contribution in [0.15, 0.2) is 0 Å². The largest absolute Gasteiger partial charge is 0.481 e. The van der Waals surface area contributed by atoms with E-state index < -0.39 is 5.97 Å². The van der Waals surface area contributed by atoms with E-state index >= 15 is 0 Å². The van der Waals surface area contributed by atoms with Crippen molar-refractivity contribution in [1.82, 2.24) is 0 Å². The minimum absolute atomic E-state index is 0.0481. The van der Waals surface area contributed by atoms with Gasteiger partial charge in [-0.2, -0.15) is 0 Å². The zero-order chi connectivity index (χ0) is 16.4. The quantitative estimate of drug-likeness (QED) is 0.780. The Morgan fingerprint density at radius 1 is 0.913 bits per heavy atom. The zero-order valence-corrected chi connectivity index (χ0v) is 13.6. The summed E-state index contributed by atoms with van der Waals surface area (Å²) < 4.78 is 15.6. The maximum atomic E-state index is 11.3. The van der Waals surface area contributed by atoms with Gasteiger partial charge in [-0.05, 0) is 50.4 Å². The number of carbonyl (C=O) groups excluding carboxylic acids is 1. The van der Waals surface area contributed by atoms with E-state index in [1.54, 1.807) is 0 Å². The first-order chi connectivity index (χ1) is 11.1. The predicted octanol–water partition coefficient (Wildman–Crippen LogP) is 1.86. The van der Waals surface area contributed by atoms with Gasteiger partial charge in [0.15, 0.2) is 0 Å². The molecule has 6 nitrogen and oxygen atoms in total. The first kappa shape index (κ1) is 16.7. The van der Waals surface area contributed by atoms with Gasteiger partial charge in [0.25, 0.3) is 0 Å². The van der Waals surface area contributed by atoms with E-state index in [9.17, 15) is 9.59 Å². The number of hydrogen-bond acceptors (Lipinski definition) is 5. The second-order valence-corrected chi connectivity index (χ2v) is 7.13. The van der Waals surface area contributed by atoms with Crippen LogP contribution in [0.3, 0.4) is 0 Å². The van der Waals surface area contributed by atoms with Crippen molar-refractivity contribution in [3.8, 4) is 0 Å². The van der Waals surface area contributed by atoms with Gasteiger partial charge in [-0.3, -0.25) is 9.59 Å². The second-order valence-electron chi connectivity index (χ2n) is 7.13. The van der Waals surface area contributed by atoms with Crippen LogP contribution >= 0.6 is 0 Å². The fourth-order valence-electron chi connectivity index (χ4n) is 4.35. The van der Waals surface area contributed by atoms with Gasteiger partial charge in [-0.25, -0.2) is 0 Å². The zero-order valence-electron chi connectivity index (χ0n) is 13.6. The van der Waals surface area contributed by atoms with E-state index in [-0.39, 0.29) is 29.8 Å². The molecule has 0 spiro atoms. The van der Waals surface area contributed by atoms with Crippen molar-refractivity contribution in [3.05, 3.63) is 0 Å². The van der Waals surface area contributed by atoms with Gasteiger partial charge in [0, 0.05) is 0 Å². The number of carboxylic acids is 1. The first-order valence-electron chi connectivity index (χ1n) is 8.62. The third kappa shape index (κ3) is 3.69. The Balaban J connectivity index is 0.000000136. The van der Waals surface area contributed by atoms with E-state index in [2.05, 4.69) is 0 Å². The standard InChI is InChI=1S/C9H14O3.C8H12O3/c1-11-9(10)8-4-7-3-2-6(8)5-12-7;9-8(10)7-3-6-2-1-5(7)4-11-6/h6-8H,2-5H2,1H3;5-7H,1-4H2,(H,9,10). The third-order valence-corrected chi connectivity index (χ3v) is 5.80. The number of fused-ring (bicyclic) bond motifs is 6. The van der Waals surface area contributed by atoms with Gasteiger partial charge >= 0.3 is 11.9 Å². The summed E-state index contributed by atoms with van der Waals surface area (Å²) in [5.41, 5.74) is 0. The topological polar surface area (TPSA) is 82.1 Å². The summed E-state index contributed by atoms with van der Waals surface area (Å²) in [6, 6.07) is 0. The number of rotatable bonds is 2. The molecule has 6 heteroatoms. The highest BCUT2D eigenvalue weighted by atomic mass is 16.5. The number of hydrogen-bond donors (Lipinski definition) is 1. The van der Waals surface area contributed by atoms with Gasteiger partial charge in [-0.1, -0.05) is 0 Å². The van der Waals surface area contributed by atoms with Crippen molar-refractivity contribution < 1.29 is 28.9 Å². The average molecular weight is 326 g/mol. The Morgan fingerprint density at radius 3 is 1.70 bits per heavy atom. The van der Waals surface area contributed by atoms with Crippen LogP contribution in [0.2, 0.25) is 0 Å². The molecule has 0 radical (unpaired) electrons. The average Bonchev–Trinajstić information content (AvgIpc) is 2.63. The molecule has 0 aromatic carbocycles. The highest BCUT2D eigenvalue weighted by Gasteiger charge is 2.41. The van der Waals surface area contributed by atoms with Crippen molar-refractivity contribution in [3.63, 3.8) is 0 Å². The molecule has 0 amide bonds. The molecular weight excluding hydrogens is 300 g/mol. The second kappa shape index (κ2) is 7.18. The van der Waals surface area contributed by atoms with Crippen molar-refractivity contribution in [1.29, 1.82) is 0 Å². The highest BCUT2D eigenvalue weighted by molar-refractivity contribution is 5.73. The number of esters is 1. The van der Waals surface area contributed by atoms with Crippen molar-refractivity contribution in [2.45, 2.75) is 50.7 Å². The molecule has 2 saturated carbocycles. The smallest absolute Gasteiger partial charge is 0.309 e. The fraction of sp³-hybridized carbons (Fsp3) is 0.882. The molecule has 23 heavy (non-hydrogen) atoms. The van der Waals surface area contributed by atoms with Crippen LogP contribution in [0.5, 0.6) is 0 Å². The van der Waals surface area contributed by atoms with Gasteiger partial charge in [-0.15, -0.1) is 0 Å². The van der Waals surface area contributed by atoms with Crippen LogP contribution in [0, 0.1) is 23.7 Å². The molecule has 6 unspecified atom stereocenters. The Kier molecular flexibility index (Phi) is 5.21. The molecule has 130 valence electrons. The maximum absolute atomic E-state index is 11.3. The van der Waals surface area contributed by atoms with Crippen LogP contribution < -0.4 is 0 Å². The lowest BCUT2D eigenvalue weighted by Gasteiger charge is -2.40. The molecular formula is C17H26O6. The number of methoxy groups -OCH3 is 1. The summed E-state index contributed by atoms with van der Waals surface area (Å²) in [7, 11) is 1.46. The number of aliphatic carboxylic acids is 1. The number of ether oxygens (including phenoxy) is 3. The van der Waals surface area contributed by atoms with E-state index in [0.717, 1.165) is 45.1 Å². The molecule has 0 aromatic rings.